The molecule has 1 aliphatic rings. The zero-order chi connectivity index (χ0) is 14.0. The molecule has 1 aromatic heterocycles. The highest BCUT2D eigenvalue weighted by Gasteiger charge is 2.42. The van der Waals surface area contributed by atoms with Gasteiger partial charge in [-0.25, -0.2) is 0 Å². The monoisotopic (exact) mass is 280 g/mol. The van der Waals surface area contributed by atoms with Gasteiger partial charge >= 0.3 is 0 Å². The lowest BCUT2D eigenvalue weighted by Crippen LogP contribution is -2.41. The summed E-state index contributed by atoms with van der Waals surface area (Å²) >= 11 is 1.69. The van der Waals surface area contributed by atoms with Crippen molar-refractivity contribution < 1.29 is 4.79 Å². The molecule has 1 amide bonds. The minimum absolute atomic E-state index is 0.0311. The van der Waals surface area contributed by atoms with Crippen molar-refractivity contribution >= 4 is 17.2 Å². The minimum atomic E-state index is -0.0311. The molecule has 1 aromatic rings. The van der Waals surface area contributed by atoms with Crippen molar-refractivity contribution in [3.05, 3.63) is 22.4 Å². The molecule has 4 unspecified atom stereocenters. The molecule has 0 spiro atoms. The summed E-state index contributed by atoms with van der Waals surface area (Å²) in [6, 6.07) is 2.35. The predicted octanol–water partition coefficient (Wildman–Crippen LogP) is 3.39. The molecule has 106 valence electrons. The van der Waals surface area contributed by atoms with Crippen molar-refractivity contribution in [1.82, 2.24) is 10.2 Å². The quantitative estimate of drug-likeness (QED) is 0.896. The number of thiophene rings is 1. The molecular formula is C15H24N2OS. The van der Waals surface area contributed by atoms with Crippen molar-refractivity contribution in [3.8, 4) is 0 Å². The topological polar surface area (TPSA) is 32.3 Å². The van der Waals surface area contributed by atoms with Crippen LogP contribution in [0.5, 0.6) is 0 Å². The van der Waals surface area contributed by atoms with E-state index >= 15 is 0 Å². The Hall–Kier alpha value is -0.870. The highest BCUT2D eigenvalue weighted by atomic mass is 32.1. The molecule has 0 bridgehead atoms. The van der Waals surface area contributed by atoms with Gasteiger partial charge in [-0.2, -0.15) is 11.3 Å². The third-order valence-corrected chi connectivity index (χ3v) is 5.06. The van der Waals surface area contributed by atoms with Crippen molar-refractivity contribution in [3.63, 3.8) is 0 Å². The van der Waals surface area contributed by atoms with Crippen molar-refractivity contribution in [2.75, 3.05) is 0 Å². The van der Waals surface area contributed by atoms with Gasteiger partial charge in [-0.3, -0.25) is 10.1 Å². The van der Waals surface area contributed by atoms with Gasteiger partial charge in [-0.05, 0) is 41.7 Å². The standard InChI is InChI=1S/C15H24N2OS/c1-5-10(3)11(4)17-14(12-7-8-19-9-12)16-13(6-2)15(17)18/h7-11,13-14,16H,5-6H2,1-4H3. The van der Waals surface area contributed by atoms with Crippen LogP contribution in [0, 0.1) is 5.92 Å². The first-order valence-electron chi connectivity index (χ1n) is 7.20. The molecule has 1 fully saturated rings. The molecule has 3 nitrogen and oxygen atoms in total. The number of carbonyl (C=O) groups is 1. The van der Waals surface area contributed by atoms with Gasteiger partial charge in [0.25, 0.3) is 0 Å². The first-order chi connectivity index (χ1) is 9.10. The van der Waals surface area contributed by atoms with E-state index in [1.807, 2.05) is 0 Å². The molecule has 0 saturated carbocycles. The minimum Gasteiger partial charge on any atom is -0.319 e. The van der Waals surface area contributed by atoms with Gasteiger partial charge < -0.3 is 4.90 Å². The molecule has 1 saturated heterocycles. The van der Waals surface area contributed by atoms with Crippen LogP contribution in [0.3, 0.4) is 0 Å². The second-order valence-corrected chi connectivity index (χ2v) is 6.24. The van der Waals surface area contributed by atoms with Gasteiger partial charge in [0.1, 0.15) is 6.17 Å². The first kappa shape index (κ1) is 14.5. The van der Waals surface area contributed by atoms with E-state index < -0.39 is 0 Å². The average Bonchev–Trinajstić information content (AvgIpc) is 3.04. The van der Waals surface area contributed by atoms with Crippen molar-refractivity contribution in [2.45, 2.75) is 58.8 Å². The normalized spacial score (nSPS) is 26.7. The number of nitrogens with one attached hydrogen (secondary N) is 1. The molecule has 1 aliphatic heterocycles. The number of amides is 1. The maximum absolute atomic E-state index is 12.6. The number of carbonyl (C=O) groups excluding carboxylic acids is 1. The summed E-state index contributed by atoms with van der Waals surface area (Å²) in [5, 5.41) is 7.70. The zero-order valence-electron chi connectivity index (χ0n) is 12.2. The lowest BCUT2D eigenvalue weighted by molar-refractivity contribution is -0.133. The smallest absolute Gasteiger partial charge is 0.241 e. The molecule has 1 N–H and O–H groups in total. The molecule has 0 aromatic carbocycles. The third kappa shape index (κ3) is 2.70. The van der Waals surface area contributed by atoms with Gasteiger partial charge in [-0.1, -0.05) is 27.2 Å². The van der Waals surface area contributed by atoms with Crippen LogP contribution in [0.1, 0.15) is 52.3 Å². The Bertz CT molecular complexity index is 418. The molecule has 2 heterocycles. The van der Waals surface area contributed by atoms with E-state index in [0.717, 1.165) is 12.8 Å². The van der Waals surface area contributed by atoms with Crippen LogP contribution in [0.25, 0.3) is 0 Å². The van der Waals surface area contributed by atoms with Crippen LogP contribution in [0.4, 0.5) is 0 Å². The Morgan fingerprint density at radius 2 is 2.16 bits per heavy atom. The number of hydrogen-bond donors (Lipinski definition) is 1. The Labute approximate surface area is 120 Å². The van der Waals surface area contributed by atoms with Crippen LogP contribution in [0.2, 0.25) is 0 Å². The molecule has 0 radical (unpaired) electrons. The number of hydrogen-bond acceptors (Lipinski definition) is 3. The summed E-state index contributed by atoms with van der Waals surface area (Å²) in [6.45, 7) is 8.65. The fourth-order valence-corrected chi connectivity index (χ4v) is 3.36. The SMILES string of the molecule is CCC1NC(c2ccsc2)N(C(C)C(C)CC)C1=O. The summed E-state index contributed by atoms with van der Waals surface area (Å²) in [4.78, 5) is 14.6. The highest BCUT2D eigenvalue weighted by molar-refractivity contribution is 7.07. The van der Waals surface area contributed by atoms with E-state index in [1.54, 1.807) is 11.3 Å². The Kier molecular flexibility index (Phi) is 4.63. The van der Waals surface area contributed by atoms with Crippen molar-refractivity contribution in [1.29, 1.82) is 0 Å². The molecule has 2 rings (SSSR count). The summed E-state index contributed by atoms with van der Waals surface area (Å²) < 4.78 is 0. The van der Waals surface area contributed by atoms with E-state index in [0.29, 0.717) is 5.92 Å². The molecule has 4 heteroatoms. The lowest BCUT2D eigenvalue weighted by atomic mass is 9.98. The lowest BCUT2D eigenvalue weighted by Gasteiger charge is -2.33. The summed E-state index contributed by atoms with van der Waals surface area (Å²) in [6.07, 6.45) is 1.99. The van der Waals surface area contributed by atoms with Gasteiger partial charge in [0.15, 0.2) is 0 Å². The van der Waals surface area contributed by atoms with Gasteiger partial charge in [0, 0.05) is 6.04 Å². The van der Waals surface area contributed by atoms with Crippen LogP contribution in [0.15, 0.2) is 16.8 Å². The largest absolute Gasteiger partial charge is 0.319 e. The summed E-state index contributed by atoms with van der Waals surface area (Å²) in [7, 11) is 0. The van der Waals surface area contributed by atoms with Crippen LogP contribution in [-0.4, -0.2) is 22.9 Å². The van der Waals surface area contributed by atoms with E-state index in [9.17, 15) is 4.79 Å². The Morgan fingerprint density at radius 1 is 1.42 bits per heavy atom. The predicted molar refractivity (Wildman–Crippen MR) is 80.0 cm³/mol. The number of rotatable bonds is 5. The van der Waals surface area contributed by atoms with E-state index in [4.69, 9.17) is 0 Å². The Morgan fingerprint density at radius 3 is 2.68 bits per heavy atom. The van der Waals surface area contributed by atoms with Crippen LogP contribution < -0.4 is 5.32 Å². The highest BCUT2D eigenvalue weighted by Crippen LogP contribution is 2.32. The number of nitrogens with zero attached hydrogens (tertiary/aromatic N) is 1. The molecular weight excluding hydrogens is 256 g/mol. The van der Waals surface area contributed by atoms with Gasteiger partial charge in [0.2, 0.25) is 5.91 Å². The molecule has 4 atom stereocenters. The maximum Gasteiger partial charge on any atom is 0.241 e. The van der Waals surface area contributed by atoms with Crippen LogP contribution >= 0.6 is 11.3 Å². The van der Waals surface area contributed by atoms with E-state index in [-0.39, 0.29) is 24.2 Å². The third-order valence-electron chi connectivity index (χ3n) is 4.36. The fourth-order valence-electron chi connectivity index (χ4n) is 2.68. The Balaban J connectivity index is 2.27. The molecule has 0 aliphatic carbocycles. The summed E-state index contributed by atoms with van der Waals surface area (Å²) in [5.41, 5.74) is 1.21. The van der Waals surface area contributed by atoms with E-state index in [2.05, 4.69) is 54.7 Å². The van der Waals surface area contributed by atoms with Gasteiger partial charge in [0.05, 0.1) is 6.04 Å². The second-order valence-electron chi connectivity index (χ2n) is 5.46. The summed E-state index contributed by atoms with van der Waals surface area (Å²) in [5.74, 6) is 0.772. The molecule has 19 heavy (non-hydrogen) atoms. The second kappa shape index (κ2) is 6.06. The van der Waals surface area contributed by atoms with Gasteiger partial charge in [-0.15, -0.1) is 0 Å². The zero-order valence-corrected chi connectivity index (χ0v) is 13.0. The first-order valence-corrected chi connectivity index (χ1v) is 8.14. The average molecular weight is 280 g/mol. The van der Waals surface area contributed by atoms with E-state index in [1.165, 1.54) is 5.56 Å². The van der Waals surface area contributed by atoms with Crippen LogP contribution in [-0.2, 0) is 4.79 Å². The van der Waals surface area contributed by atoms with Crippen molar-refractivity contribution in [2.24, 2.45) is 5.92 Å². The maximum atomic E-state index is 12.6. The fraction of sp³-hybridized carbons (Fsp3) is 0.667.